The van der Waals surface area contributed by atoms with Gasteiger partial charge in [0, 0.05) is 0 Å². The number of hydrogen-bond donors (Lipinski definition) is 1. The zero-order valence-corrected chi connectivity index (χ0v) is 10.2. The SMILES string of the molecule is COC1CC(O[I-]C)OC(C)C1O. The first kappa shape index (κ1) is 11.6. The van der Waals surface area contributed by atoms with E-state index in [0.717, 1.165) is 0 Å². The molecule has 0 aliphatic carbocycles. The van der Waals surface area contributed by atoms with Gasteiger partial charge in [-0.05, 0) is 0 Å². The first-order valence-electron chi connectivity index (χ1n) is 4.20. The van der Waals surface area contributed by atoms with Gasteiger partial charge in [-0.1, -0.05) is 0 Å². The van der Waals surface area contributed by atoms with Crippen LogP contribution in [-0.2, 0) is 12.5 Å². The van der Waals surface area contributed by atoms with Crippen molar-refractivity contribution in [1.29, 1.82) is 0 Å². The molecule has 0 saturated carbocycles. The van der Waals surface area contributed by atoms with Crippen LogP contribution in [0.5, 0.6) is 0 Å². The summed E-state index contributed by atoms with van der Waals surface area (Å²) in [6, 6.07) is 0. The van der Waals surface area contributed by atoms with Gasteiger partial charge >= 0.3 is 89.3 Å². The summed E-state index contributed by atoms with van der Waals surface area (Å²) < 4.78 is 16.0. The van der Waals surface area contributed by atoms with E-state index >= 15 is 0 Å². The summed E-state index contributed by atoms with van der Waals surface area (Å²) in [6.07, 6.45) is -0.486. The van der Waals surface area contributed by atoms with Crippen molar-refractivity contribution in [2.75, 3.05) is 12.0 Å². The molecule has 1 fully saturated rings. The summed E-state index contributed by atoms with van der Waals surface area (Å²) in [6.45, 7) is 1.83. The molecule has 4 nitrogen and oxygen atoms in total. The van der Waals surface area contributed by atoms with Crippen LogP contribution in [0.25, 0.3) is 0 Å². The van der Waals surface area contributed by atoms with Crippen LogP contribution in [-0.4, -0.2) is 41.7 Å². The van der Waals surface area contributed by atoms with Crippen LogP contribution in [0.3, 0.4) is 0 Å². The fourth-order valence-corrected chi connectivity index (χ4v) is 2.29. The molecule has 4 unspecified atom stereocenters. The Morgan fingerprint density at radius 2 is 2.23 bits per heavy atom. The summed E-state index contributed by atoms with van der Waals surface area (Å²) >= 11 is -0.239. The molecule has 0 radical (unpaired) electrons. The predicted octanol–water partition coefficient (Wildman–Crippen LogP) is -2.85. The van der Waals surface area contributed by atoms with E-state index in [2.05, 4.69) is 0 Å². The maximum atomic E-state index is 9.63. The Balaban J connectivity index is 2.47. The van der Waals surface area contributed by atoms with Gasteiger partial charge < -0.3 is 0 Å². The van der Waals surface area contributed by atoms with Gasteiger partial charge in [-0.3, -0.25) is 0 Å². The predicted molar refractivity (Wildman–Crippen MR) is 42.8 cm³/mol. The zero-order chi connectivity index (χ0) is 9.84. The van der Waals surface area contributed by atoms with Crippen LogP contribution in [0.2, 0.25) is 0 Å². The second kappa shape index (κ2) is 5.45. The third-order valence-electron chi connectivity index (χ3n) is 2.14. The van der Waals surface area contributed by atoms with Crippen molar-refractivity contribution in [3.63, 3.8) is 0 Å². The van der Waals surface area contributed by atoms with Crippen molar-refractivity contribution >= 4 is 0 Å². The molecule has 1 rings (SSSR count). The van der Waals surface area contributed by atoms with Crippen LogP contribution in [0.4, 0.5) is 0 Å². The van der Waals surface area contributed by atoms with Gasteiger partial charge in [-0.25, -0.2) is 0 Å². The molecule has 1 N–H and O–H groups in total. The first-order chi connectivity index (χ1) is 6.19. The van der Waals surface area contributed by atoms with E-state index in [1.54, 1.807) is 7.11 Å². The molecule has 80 valence electrons. The van der Waals surface area contributed by atoms with Crippen LogP contribution >= 0.6 is 0 Å². The number of aliphatic hydroxyl groups is 1. The summed E-state index contributed by atoms with van der Waals surface area (Å²) in [5.74, 6) is 0. The fraction of sp³-hybridized carbons (Fsp3) is 1.00. The van der Waals surface area contributed by atoms with Crippen molar-refractivity contribution in [3.8, 4) is 0 Å². The minimum atomic E-state index is -0.542. The molecule has 0 aromatic rings. The molecular formula is C8H16IO4-. The number of alkyl halides is 1. The van der Waals surface area contributed by atoms with Gasteiger partial charge in [0.15, 0.2) is 0 Å². The number of ether oxygens (including phenoxy) is 2. The number of hydrogen-bond acceptors (Lipinski definition) is 4. The molecule has 1 saturated heterocycles. The molecule has 0 bridgehead atoms. The Kier molecular flexibility index (Phi) is 4.88. The number of halogens is 1. The Hall–Kier alpha value is 0.570. The topological polar surface area (TPSA) is 47.9 Å². The van der Waals surface area contributed by atoms with Crippen LogP contribution in [0, 0.1) is 0 Å². The molecule has 0 amide bonds. The van der Waals surface area contributed by atoms with Crippen molar-refractivity contribution in [1.82, 2.24) is 0 Å². The summed E-state index contributed by atoms with van der Waals surface area (Å²) in [4.78, 5) is 2.03. The molecule has 5 heteroatoms. The van der Waals surface area contributed by atoms with Crippen molar-refractivity contribution in [2.45, 2.75) is 37.9 Å². The van der Waals surface area contributed by atoms with Crippen molar-refractivity contribution in [2.24, 2.45) is 0 Å². The third kappa shape index (κ3) is 3.02. The van der Waals surface area contributed by atoms with Crippen molar-refractivity contribution in [3.05, 3.63) is 0 Å². The van der Waals surface area contributed by atoms with Crippen LogP contribution < -0.4 is 21.6 Å². The summed E-state index contributed by atoms with van der Waals surface area (Å²) in [7, 11) is 1.60. The molecule has 0 aromatic carbocycles. The van der Waals surface area contributed by atoms with E-state index in [0.29, 0.717) is 6.42 Å². The molecule has 1 aliphatic rings. The standard InChI is InChI=1S/C8H16IO4/c1-5-8(10)6(11-3)4-7(12-5)13-9-2/h5-8,10H,4H2,1-3H3/q-1. The van der Waals surface area contributed by atoms with Gasteiger partial charge in [0.2, 0.25) is 0 Å². The van der Waals surface area contributed by atoms with Gasteiger partial charge in [0.25, 0.3) is 0 Å². The third-order valence-corrected chi connectivity index (χ3v) is 3.22. The fourth-order valence-electron chi connectivity index (χ4n) is 1.40. The molecule has 1 heterocycles. The number of rotatable bonds is 3. The van der Waals surface area contributed by atoms with Gasteiger partial charge in [-0.15, -0.1) is 0 Å². The van der Waals surface area contributed by atoms with Crippen molar-refractivity contribution < 1.29 is 39.3 Å². The van der Waals surface area contributed by atoms with Crippen LogP contribution in [0.15, 0.2) is 0 Å². The Bertz CT molecular complexity index is 155. The number of methoxy groups -OCH3 is 1. The second-order valence-corrected chi connectivity index (χ2v) is 4.40. The quantitative estimate of drug-likeness (QED) is 0.450. The second-order valence-electron chi connectivity index (χ2n) is 3.01. The Morgan fingerprint density at radius 1 is 1.54 bits per heavy atom. The Labute approximate surface area is 89.4 Å². The van der Waals surface area contributed by atoms with E-state index in [9.17, 15) is 5.11 Å². The van der Waals surface area contributed by atoms with Crippen LogP contribution in [0.1, 0.15) is 13.3 Å². The molecule has 13 heavy (non-hydrogen) atoms. The molecular weight excluding hydrogens is 287 g/mol. The van der Waals surface area contributed by atoms with Gasteiger partial charge in [0.05, 0.1) is 0 Å². The zero-order valence-electron chi connectivity index (χ0n) is 8.07. The van der Waals surface area contributed by atoms with Gasteiger partial charge in [-0.2, -0.15) is 0 Å². The average Bonchev–Trinajstić information content (AvgIpc) is 2.11. The maximum absolute atomic E-state index is 9.63. The molecule has 1 aliphatic heterocycles. The summed E-state index contributed by atoms with van der Waals surface area (Å²) in [5, 5.41) is 9.63. The first-order valence-corrected chi connectivity index (χ1v) is 7.24. The number of aliphatic hydroxyl groups excluding tert-OH is 1. The van der Waals surface area contributed by atoms with Gasteiger partial charge in [0.1, 0.15) is 0 Å². The van der Waals surface area contributed by atoms with E-state index in [1.807, 2.05) is 11.9 Å². The monoisotopic (exact) mass is 303 g/mol. The summed E-state index contributed by atoms with van der Waals surface area (Å²) in [5.41, 5.74) is 0. The minimum absolute atomic E-state index is 0.163. The normalized spacial score (nSPS) is 40.9. The van der Waals surface area contributed by atoms with E-state index in [4.69, 9.17) is 12.5 Å². The Morgan fingerprint density at radius 3 is 2.77 bits per heavy atom. The van der Waals surface area contributed by atoms with E-state index in [1.165, 1.54) is 0 Å². The molecule has 0 aromatic heterocycles. The molecule has 4 atom stereocenters. The molecule has 0 spiro atoms. The van der Waals surface area contributed by atoms with E-state index in [-0.39, 0.29) is 40.1 Å². The van der Waals surface area contributed by atoms with E-state index < -0.39 is 6.10 Å². The average molecular weight is 303 g/mol.